The van der Waals surface area contributed by atoms with E-state index in [1.807, 2.05) is 22.6 Å². The highest BCUT2D eigenvalue weighted by atomic mass is 127. The van der Waals surface area contributed by atoms with Crippen molar-refractivity contribution in [2.45, 2.75) is 25.3 Å². The van der Waals surface area contributed by atoms with E-state index in [1.54, 1.807) is 12.1 Å². The first-order valence-electron chi connectivity index (χ1n) is 7.54. The van der Waals surface area contributed by atoms with Gasteiger partial charge in [-0.3, -0.25) is 4.79 Å². The van der Waals surface area contributed by atoms with E-state index >= 15 is 0 Å². The van der Waals surface area contributed by atoms with Crippen LogP contribution in [0.3, 0.4) is 0 Å². The Hall–Kier alpha value is -1.52. The highest BCUT2D eigenvalue weighted by Gasteiger charge is 2.19. The molecule has 3 N–H and O–H groups in total. The molecule has 0 aliphatic heterocycles. The lowest BCUT2D eigenvalue weighted by Gasteiger charge is -2.19. The van der Waals surface area contributed by atoms with E-state index in [2.05, 4.69) is 11.9 Å². The second-order valence-corrected chi connectivity index (χ2v) is 8.45. The first-order chi connectivity index (χ1) is 11.7. The SMILES string of the molecule is C=C1/C=C\C(S(N)(=O)=O)=C/CCC[C@H]1NC(=O)c1ccc(I)cc1F. The summed E-state index contributed by atoms with van der Waals surface area (Å²) in [6, 6.07) is 3.95. The van der Waals surface area contributed by atoms with Crippen LogP contribution in [0.4, 0.5) is 4.39 Å². The normalized spacial score (nSPS) is 22.1. The molecule has 0 unspecified atom stereocenters. The molecule has 0 saturated heterocycles. The average Bonchev–Trinajstić information content (AvgIpc) is 2.58. The molecular formula is C17H18FIN2O3S. The van der Waals surface area contributed by atoms with E-state index in [9.17, 15) is 17.6 Å². The van der Waals surface area contributed by atoms with Gasteiger partial charge in [0.2, 0.25) is 10.0 Å². The van der Waals surface area contributed by atoms with E-state index in [0.717, 1.165) is 0 Å². The minimum Gasteiger partial charge on any atom is -0.345 e. The van der Waals surface area contributed by atoms with Gasteiger partial charge in [0.15, 0.2) is 0 Å². The number of nitrogens with two attached hydrogens (primary N) is 1. The fourth-order valence-corrected chi connectivity index (χ4v) is 3.47. The Kier molecular flexibility index (Phi) is 6.53. The second-order valence-electron chi connectivity index (χ2n) is 5.64. The average molecular weight is 476 g/mol. The van der Waals surface area contributed by atoms with Crippen LogP contribution in [0.1, 0.15) is 29.6 Å². The number of hydrogen-bond donors (Lipinski definition) is 2. The van der Waals surface area contributed by atoms with E-state index in [0.29, 0.717) is 28.4 Å². The zero-order chi connectivity index (χ0) is 18.6. The van der Waals surface area contributed by atoms with Gasteiger partial charge in [-0.2, -0.15) is 0 Å². The molecule has 2 rings (SSSR count). The number of sulfonamides is 1. The largest absolute Gasteiger partial charge is 0.345 e. The summed E-state index contributed by atoms with van der Waals surface area (Å²) in [7, 11) is -3.80. The molecule has 0 bridgehead atoms. The number of allylic oxidation sites excluding steroid dienone is 2. The van der Waals surface area contributed by atoms with Gasteiger partial charge in [0.1, 0.15) is 5.82 Å². The van der Waals surface area contributed by atoms with Crippen molar-refractivity contribution >= 4 is 38.5 Å². The number of primary sulfonamides is 1. The number of hydrogen-bond acceptors (Lipinski definition) is 3. The highest BCUT2D eigenvalue weighted by Crippen LogP contribution is 2.19. The van der Waals surface area contributed by atoms with Crippen molar-refractivity contribution < 1.29 is 17.6 Å². The Morgan fingerprint density at radius 3 is 2.72 bits per heavy atom. The zero-order valence-electron chi connectivity index (χ0n) is 13.3. The maximum atomic E-state index is 14.0. The molecule has 0 spiro atoms. The third-order valence-electron chi connectivity index (χ3n) is 3.76. The van der Waals surface area contributed by atoms with Crippen LogP contribution in [0.2, 0.25) is 0 Å². The third kappa shape index (κ3) is 5.48. The lowest BCUT2D eigenvalue weighted by atomic mass is 10.0. The zero-order valence-corrected chi connectivity index (χ0v) is 16.3. The number of carbonyl (C=O) groups is 1. The Morgan fingerprint density at radius 2 is 2.08 bits per heavy atom. The van der Waals surface area contributed by atoms with Crippen molar-refractivity contribution in [3.63, 3.8) is 0 Å². The van der Waals surface area contributed by atoms with Gasteiger partial charge in [-0.15, -0.1) is 0 Å². The molecule has 1 aliphatic carbocycles. The summed E-state index contributed by atoms with van der Waals surface area (Å²) < 4.78 is 37.6. The van der Waals surface area contributed by atoms with Crippen LogP contribution in [0.5, 0.6) is 0 Å². The molecule has 1 aliphatic rings. The number of benzene rings is 1. The van der Waals surface area contributed by atoms with Crippen LogP contribution in [-0.2, 0) is 10.0 Å². The van der Waals surface area contributed by atoms with Gasteiger partial charge in [0, 0.05) is 3.57 Å². The first kappa shape index (κ1) is 19.8. The number of carbonyl (C=O) groups excluding carboxylic acids is 1. The molecule has 0 radical (unpaired) electrons. The molecule has 25 heavy (non-hydrogen) atoms. The van der Waals surface area contributed by atoms with Crippen LogP contribution < -0.4 is 10.5 Å². The smallest absolute Gasteiger partial charge is 0.254 e. The molecular weight excluding hydrogens is 458 g/mol. The number of rotatable bonds is 3. The first-order valence-corrected chi connectivity index (χ1v) is 10.2. The standard InChI is InChI=1S/C17H18FIN2O3S/c1-11-6-8-13(25(20,23)24)4-2-3-5-16(11)21-17(22)14-9-7-12(19)10-15(14)18/h4,6-10,16H,1-3,5H2,(H,21,22)(H2,20,23,24)/b8-6-,13-4+/t16-/m1/s1. The maximum Gasteiger partial charge on any atom is 0.254 e. The van der Waals surface area contributed by atoms with Crippen LogP contribution in [0.15, 0.2) is 53.5 Å². The topological polar surface area (TPSA) is 89.3 Å². The second kappa shape index (κ2) is 8.24. The van der Waals surface area contributed by atoms with Gasteiger partial charge in [-0.25, -0.2) is 17.9 Å². The molecule has 0 heterocycles. The molecule has 0 saturated carbocycles. The molecule has 0 aromatic heterocycles. The molecule has 0 fully saturated rings. The Labute approximate surface area is 160 Å². The lowest BCUT2D eigenvalue weighted by molar-refractivity contribution is 0.0937. The highest BCUT2D eigenvalue weighted by molar-refractivity contribution is 14.1. The van der Waals surface area contributed by atoms with Crippen molar-refractivity contribution in [1.82, 2.24) is 5.32 Å². The van der Waals surface area contributed by atoms with Crippen molar-refractivity contribution in [2.24, 2.45) is 5.14 Å². The van der Waals surface area contributed by atoms with Gasteiger partial charge in [-0.1, -0.05) is 18.7 Å². The van der Waals surface area contributed by atoms with Crippen molar-refractivity contribution in [3.05, 3.63) is 68.4 Å². The van der Waals surface area contributed by atoms with E-state index in [4.69, 9.17) is 5.14 Å². The summed E-state index contributed by atoms with van der Waals surface area (Å²) in [4.78, 5) is 12.4. The van der Waals surface area contributed by atoms with Crippen molar-refractivity contribution in [3.8, 4) is 0 Å². The molecule has 1 aromatic carbocycles. The molecule has 1 atom stereocenters. The van der Waals surface area contributed by atoms with Gasteiger partial charge in [0.05, 0.1) is 16.5 Å². The summed E-state index contributed by atoms with van der Waals surface area (Å²) in [5.41, 5.74) is 0.483. The van der Waals surface area contributed by atoms with Gasteiger partial charge < -0.3 is 5.32 Å². The summed E-state index contributed by atoms with van der Waals surface area (Å²) in [6.07, 6.45) is 6.09. The molecule has 134 valence electrons. The van der Waals surface area contributed by atoms with E-state index in [1.165, 1.54) is 24.3 Å². The van der Waals surface area contributed by atoms with E-state index in [-0.39, 0.29) is 10.5 Å². The number of amides is 1. The van der Waals surface area contributed by atoms with Crippen molar-refractivity contribution in [2.75, 3.05) is 0 Å². The predicted molar refractivity (Wildman–Crippen MR) is 104 cm³/mol. The fourth-order valence-electron chi connectivity index (χ4n) is 2.41. The molecule has 1 amide bonds. The van der Waals surface area contributed by atoms with Crippen molar-refractivity contribution in [1.29, 1.82) is 0 Å². The van der Waals surface area contributed by atoms with E-state index < -0.39 is 27.8 Å². The maximum absolute atomic E-state index is 14.0. The third-order valence-corrected chi connectivity index (χ3v) is 5.39. The lowest BCUT2D eigenvalue weighted by Crippen LogP contribution is -2.36. The summed E-state index contributed by atoms with van der Waals surface area (Å²) >= 11 is 1.97. The van der Waals surface area contributed by atoms with Crippen LogP contribution in [-0.4, -0.2) is 20.4 Å². The fraction of sp³-hybridized carbons (Fsp3) is 0.235. The van der Waals surface area contributed by atoms with Gasteiger partial charge in [0.25, 0.3) is 5.91 Å². The quantitative estimate of drug-likeness (QED) is 0.658. The minimum atomic E-state index is -3.80. The number of halogens is 2. The Morgan fingerprint density at radius 1 is 1.36 bits per heavy atom. The Bertz CT molecular complexity index is 863. The summed E-state index contributed by atoms with van der Waals surface area (Å²) in [5.74, 6) is -1.13. The number of nitrogens with one attached hydrogen (secondary N) is 1. The monoisotopic (exact) mass is 476 g/mol. The van der Waals surface area contributed by atoms with Crippen LogP contribution in [0.25, 0.3) is 0 Å². The predicted octanol–water partition coefficient (Wildman–Crippen LogP) is 3.00. The molecule has 5 nitrogen and oxygen atoms in total. The Balaban J connectivity index is 2.17. The molecule has 1 aromatic rings. The minimum absolute atomic E-state index is 0.0179. The van der Waals surface area contributed by atoms with Crippen LogP contribution >= 0.6 is 22.6 Å². The van der Waals surface area contributed by atoms with Crippen LogP contribution in [0, 0.1) is 9.39 Å². The molecule has 8 heteroatoms. The van der Waals surface area contributed by atoms with Gasteiger partial charge >= 0.3 is 0 Å². The summed E-state index contributed by atoms with van der Waals surface area (Å²) in [6.45, 7) is 3.88. The summed E-state index contributed by atoms with van der Waals surface area (Å²) in [5, 5.41) is 7.92. The van der Waals surface area contributed by atoms with Gasteiger partial charge in [-0.05, 0) is 71.7 Å².